The Morgan fingerprint density at radius 3 is 2.44 bits per heavy atom. The molecule has 1 aromatic rings. The van der Waals surface area contributed by atoms with Crippen molar-refractivity contribution in [2.24, 2.45) is 11.8 Å². The van der Waals surface area contributed by atoms with Crippen LogP contribution in [-0.2, 0) is 5.33 Å². The summed E-state index contributed by atoms with van der Waals surface area (Å²) < 4.78 is 19.4. The van der Waals surface area contributed by atoms with Crippen LogP contribution < -0.4 is 4.74 Å². The van der Waals surface area contributed by atoms with Crippen LogP contribution >= 0.6 is 15.9 Å². The fraction of sp³-hybridized carbons (Fsp3) is 0.600. The third kappa shape index (κ3) is 3.71. The quantitative estimate of drug-likeness (QED) is 0.719. The summed E-state index contributed by atoms with van der Waals surface area (Å²) in [6.45, 7) is 4.53. The smallest absolute Gasteiger partial charge is 0.127 e. The molecule has 1 aromatic carbocycles. The molecule has 3 heteroatoms. The number of halogens is 2. The van der Waals surface area contributed by atoms with Gasteiger partial charge in [0.25, 0.3) is 0 Å². The lowest BCUT2D eigenvalue weighted by Crippen LogP contribution is -2.28. The van der Waals surface area contributed by atoms with Crippen LogP contribution in [0.15, 0.2) is 18.2 Å². The predicted octanol–water partition coefficient (Wildman–Crippen LogP) is 4.92. The average Bonchev–Trinajstić information content (AvgIpc) is 2.26. The molecule has 0 spiro atoms. The Bertz CT molecular complexity index is 397. The zero-order chi connectivity index (χ0) is 13.1. The molecule has 0 N–H and O–H groups in total. The van der Waals surface area contributed by atoms with Crippen molar-refractivity contribution in [1.29, 1.82) is 0 Å². The fourth-order valence-electron chi connectivity index (χ4n) is 2.93. The van der Waals surface area contributed by atoms with Crippen LogP contribution in [0.4, 0.5) is 4.39 Å². The van der Waals surface area contributed by atoms with Crippen molar-refractivity contribution in [3.05, 3.63) is 29.6 Å². The molecule has 0 bridgehead atoms. The normalized spacial score (nSPS) is 28.1. The van der Waals surface area contributed by atoms with E-state index in [0.717, 1.165) is 18.4 Å². The Morgan fingerprint density at radius 1 is 1.17 bits per heavy atom. The molecule has 1 nitrogen and oxygen atoms in total. The molecule has 1 saturated carbocycles. The highest BCUT2D eigenvalue weighted by molar-refractivity contribution is 9.08. The SMILES string of the molecule is CC1CC(C)CC(Oc2cc(F)cc(CBr)c2)C1. The van der Waals surface area contributed by atoms with Gasteiger partial charge in [0.05, 0.1) is 6.10 Å². The Hall–Kier alpha value is -0.570. The standard InChI is InChI=1S/C15H20BrFO/c1-10-3-11(2)5-14(4-10)18-15-7-12(9-16)6-13(17)8-15/h6-8,10-11,14H,3-5,9H2,1-2H3. The average molecular weight is 315 g/mol. The second-order valence-corrected chi connectivity index (χ2v) is 6.15. The Balaban J connectivity index is 2.06. The number of benzene rings is 1. The topological polar surface area (TPSA) is 9.23 Å². The van der Waals surface area contributed by atoms with Gasteiger partial charge >= 0.3 is 0 Å². The summed E-state index contributed by atoms with van der Waals surface area (Å²) >= 11 is 3.35. The molecule has 0 saturated heterocycles. The van der Waals surface area contributed by atoms with Gasteiger partial charge in [-0.05, 0) is 48.8 Å². The predicted molar refractivity (Wildman–Crippen MR) is 75.6 cm³/mol. The van der Waals surface area contributed by atoms with Gasteiger partial charge in [0.15, 0.2) is 0 Å². The number of rotatable bonds is 3. The van der Waals surface area contributed by atoms with Crippen LogP contribution in [0, 0.1) is 17.7 Å². The molecule has 2 unspecified atom stereocenters. The summed E-state index contributed by atoms with van der Waals surface area (Å²) in [6, 6.07) is 4.94. The molecular weight excluding hydrogens is 295 g/mol. The van der Waals surface area contributed by atoms with Gasteiger partial charge in [0.1, 0.15) is 11.6 Å². The molecule has 1 aliphatic rings. The van der Waals surface area contributed by atoms with E-state index >= 15 is 0 Å². The second-order valence-electron chi connectivity index (χ2n) is 5.59. The van der Waals surface area contributed by atoms with Crippen molar-refractivity contribution >= 4 is 15.9 Å². The Kier molecular flexibility index (Phi) is 4.66. The second kappa shape index (κ2) is 6.05. The van der Waals surface area contributed by atoms with E-state index < -0.39 is 0 Å². The monoisotopic (exact) mass is 314 g/mol. The summed E-state index contributed by atoms with van der Waals surface area (Å²) in [7, 11) is 0. The van der Waals surface area contributed by atoms with Crippen molar-refractivity contribution in [3.63, 3.8) is 0 Å². The third-order valence-corrected chi connectivity index (χ3v) is 4.17. The first-order chi connectivity index (χ1) is 8.56. The van der Waals surface area contributed by atoms with Crippen LogP contribution in [0.5, 0.6) is 5.75 Å². The van der Waals surface area contributed by atoms with Crippen molar-refractivity contribution < 1.29 is 9.13 Å². The van der Waals surface area contributed by atoms with E-state index in [4.69, 9.17) is 4.74 Å². The lowest BCUT2D eigenvalue weighted by Gasteiger charge is -2.31. The van der Waals surface area contributed by atoms with Crippen LogP contribution in [0.25, 0.3) is 0 Å². The van der Waals surface area contributed by atoms with Crippen LogP contribution in [-0.4, -0.2) is 6.10 Å². The summed E-state index contributed by atoms with van der Waals surface area (Å²) in [4.78, 5) is 0. The van der Waals surface area contributed by atoms with Gasteiger partial charge in [-0.3, -0.25) is 0 Å². The minimum absolute atomic E-state index is 0.223. The highest BCUT2D eigenvalue weighted by Gasteiger charge is 2.25. The molecule has 1 aliphatic carbocycles. The van der Waals surface area contributed by atoms with Crippen LogP contribution in [0.2, 0.25) is 0 Å². The maximum atomic E-state index is 13.4. The molecule has 0 aromatic heterocycles. The van der Waals surface area contributed by atoms with E-state index in [1.54, 1.807) is 0 Å². The van der Waals surface area contributed by atoms with Gasteiger partial charge in [-0.2, -0.15) is 0 Å². The van der Waals surface area contributed by atoms with E-state index in [1.165, 1.54) is 18.6 Å². The van der Waals surface area contributed by atoms with Crippen LogP contribution in [0.3, 0.4) is 0 Å². The molecule has 2 atom stereocenters. The lowest BCUT2D eigenvalue weighted by atomic mass is 9.82. The number of hydrogen-bond acceptors (Lipinski definition) is 1. The Labute approximate surface area is 117 Å². The number of ether oxygens (including phenoxy) is 1. The van der Waals surface area contributed by atoms with Gasteiger partial charge in [-0.1, -0.05) is 29.8 Å². The Morgan fingerprint density at radius 2 is 1.83 bits per heavy atom. The van der Waals surface area contributed by atoms with Crippen molar-refractivity contribution in [2.75, 3.05) is 0 Å². The zero-order valence-corrected chi connectivity index (χ0v) is 12.5. The fourth-order valence-corrected chi connectivity index (χ4v) is 3.25. The van der Waals surface area contributed by atoms with Crippen molar-refractivity contribution in [3.8, 4) is 5.75 Å². The first-order valence-electron chi connectivity index (χ1n) is 6.59. The third-order valence-electron chi connectivity index (χ3n) is 3.52. The minimum Gasteiger partial charge on any atom is -0.490 e. The number of alkyl halides is 1. The summed E-state index contributed by atoms with van der Waals surface area (Å²) in [5.74, 6) is 1.83. The zero-order valence-electron chi connectivity index (χ0n) is 11.0. The minimum atomic E-state index is -0.223. The van der Waals surface area contributed by atoms with E-state index in [2.05, 4.69) is 29.8 Å². The molecule has 18 heavy (non-hydrogen) atoms. The molecular formula is C15H20BrFO. The van der Waals surface area contributed by atoms with E-state index in [1.807, 2.05) is 6.07 Å². The molecule has 1 fully saturated rings. The maximum Gasteiger partial charge on any atom is 0.127 e. The van der Waals surface area contributed by atoms with Crippen molar-refractivity contribution in [2.45, 2.75) is 44.5 Å². The van der Waals surface area contributed by atoms with Gasteiger partial charge in [0.2, 0.25) is 0 Å². The van der Waals surface area contributed by atoms with E-state index in [-0.39, 0.29) is 11.9 Å². The van der Waals surface area contributed by atoms with E-state index in [0.29, 0.717) is 22.9 Å². The van der Waals surface area contributed by atoms with Gasteiger partial charge in [-0.15, -0.1) is 0 Å². The largest absolute Gasteiger partial charge is 0.490 e. The summed E-state index contributed by atoms with van der Waals surface area (Å²) in [5, 5.41) is 0.651. The van der Waals surface area contributed by atoms with E-state index in [9.17, 15) is 4.39 Å². The summed E-state index contributed by atoms with van der Waals surface area (Å²) in [5.41, 5.74) is 0.918. The molecule has 0 radical (unpaired) electrons. The maximum absolute atomic E-state index is 13.4. The van der Waals surface area contributed by atoms with Gasteiger partial charge < -0.3 is 4.74 Å². The highest BCUT2D eigenvalue weighted by Crippen LogP contribution is 2.31. The first kappa shape index (κ1) is 13.9. The first-order valence-corrected chi connectivity index (χ1v) is 7.71. The molecule has 0 heterocycles. The molecule has 100 valence electrons. The molecule has 0 aliphatic heterocycles. The lowest BCUT2D eigenvalue weighted by molar-refractivity contribution is 0.101. The van der Waals surface area contributed by atoms with Crippen LogP contribution in [0.1, 0.15) is 38.7 Å². The molecule has 2 rings (SSSR count). The number of hydrogen-bond donors (Lipinski definition) is 0. The van der Waals surface area contributed by atoms with Gasteiger partial charge in [-0.25, -0.2) is 4.39 Å². The highest BCUT2D eigenvalue weighted by atomic mass is 79.9. The summed E-state index contributed by atoms with van der Waals surface area (Å²) in [6.07, 6.45) is 3.65. The molecule has 0 amide bonds. The van der Waals surface area contributed by atoms with Crippen molar-refractivity contribution in [1.82, 2.24) is 0 Å². The van der Waals surface area contributed by atoms with Gasteiger partial charge in [0, 0.05) is 11.4 Å².